The van der Waals surface area contributed by atoms with Gasteiger partial charge in [-0.15, -0.1) is 6.42 Å². The summed E-state index contributed by atoms with van der Waals surface area (Å²) in [7, 11) is 1.82. The number of nitrogens with two attached hydrogens (primary N) is 1. The van der Waals surface area contributed by atoms with Crippen LogP contribution in [0, 0.1) is 12.3 Å². The Hall–Kier alpha value is -1.36. The van der Waals surface area contributed by atoms with Gasteiger partial charge >= 0.3 is 0 Å². The summed E-state index contributed by atoms with van der Waals surface area (Å²) in [5.41, 5.74) is 7.12. The molecule has 0 amide bonds. The molecule has 0 bridgehead atoms. The fourth-order valence-corrected chi connectivity index (χ4v) is 0.736. The highest BCUT2D eigenvalue weighted by Crippen LogP contribution is 1.99. The third-order valence-corrected chi connectivity index (χ3v) is 1.23. The van der Waals surface area contributed by atoms with Crippen LogP contribution in [0.1, 0.15) is 13.3 Å². The molecule has 0 aliphatic carbocycles. The number of hydrogen-bond acceptors (Lipinski definition) is 2. The van der Waals surface area contributed by atoms with E-state index in [9.17, 15) is 0 Å². The quantitative estimate of drug-likeness (QED) is 0.465. The van der Waals surface area contributed by atoms with Gasteiger partial charge in [0.25, 0.3) is 0 Å². The Morgan fingerprint density at radius 2 is 2.36 bits per heavy atom. The van der Waals surface area contributed by atoms with Gasteiger partial charge in [-0.05, 0) is 6.42 Å². The molecule has 0 rings (SSSR count). The minimum absolute atomic E-state index is 0.608. The van der Waals surface area contributed by atoms with Crippen molar-refractivity contribution in [3.05, 3.63) is 23.5 Å². The summed E-state index contributed by atoms with van der Waals surface area (Å²) in [4.78, 5) is 0. The molecule has 0 aliphatic rings. The zero-order chi connectivity index (χ0) is 8.69. The monoisotopic (exact) mass is 150 g/mol. The van der Waals surface area contributed by atoms with E-state index in [1.54, 1.807) is 0 Å². The maximum Gasteiger partial charge on any atom is 0.0631 e. The first-order chi connectivity index (χ1) is 5.26. The number of likely N-dealkylation sites (N-methyl/N-ethyl adjacent to an activating group) is 1. The first-order valence-electron chi connectivity index (χ1n) is 3.56. The largest absolute Gasteiger partial charge is 0.397 e. The SMILES string of the molecule is C#C/C=C(N)\C(=C/CC)NC. The smallest absolute Gasteiger partial charge is 0.0631 e. The molecular weight excluding hydrogens is 136 g/mol. The zero-order valence-electron chi connectivity index (χ0n) is 7.02. The lowest BCUT2D eigenvalue weighted by Gasteiger charge is -2.04. The summed E-state index contributed by atoms with van der Waals surface area (Å²) in [6.07, 6.45) is 9.53. The predicted molar refractivity (Wildman–Crippen MR) is 48.5 cm³/mol. The van der Waals surface area contributed by atoms with Gasteiger partial charge in [0.15, 0.2) is 0 Å². The van der Waals surface area contributed by atoms with Crippen LogP contribution in [0.2, 0.25) is 0 Å². The van der Waals surface area contributed by atoms with Crippen LogP contribution < -0.4 is 11.1 Å². The normalized spacial score (nSPS) is 12.5. The Kier molecular flexibility index (Phi) is 4.76. The van der Waals surface area contributed by atoms with Crippen LogP contribution in [-0.4, -0.2) is 7.05 Å². The third kappa shape index (κ3) is 3.36. The van der Waals surface area contributed by atoms with Gasteiger partial charge in [-0.2, -0.15) is 0 Å². The van der Waals surface area contributed by atoms with E-state index in [0.717, 1.165) is 12.1 Å². The topological polar surface area (TPSA) is 38.0 Å². The van der Waals surface area contributed by atoms with Gasteiger partial charge in [0, 0.05) is 13.1 Å². The van der Waals surface area contributed by atoms with E-state index in [4.69, 9.17) is 12.2 Å². The van der Waals surface area contributed by atoms with Crippen molar-refractivity contribution >= 4 is 0 Å². The molecule has 11 heavy (non-hydrogen) atoms. The molecule has 0 spiro atoms. The van der Waals surface area contributed by atoms with Crippen molar-refractivity contribution in [2.75, 3.05) is 7.05 Å². The van der Waals surface area contributed by atoms with E-state index >= 15 is 0 Å². The van der Waals surface area contributed by atoms with Crippen LogP contribution in [0.3, 0.4) is 0 Å². The third-order valence-electron chi connectivity index (χ3n) is 1.23. The second-order valence-corrected chi connectivity index (χ2v) is 2.04. The van der Waals surface area contributed by atoms with E-state index < -0.39 is 0 Å². The van der Waals surface area contributed by atoms with Crippen LogP contribution in [0.4, 0.5) is 0 Å². The summed E-state index contributed by atoms with van der Waals surface area (Å²) in [5, 5.41) is 2.96. The average Bonchev–Trinajstić information content (AvgIpc) is 2.00. The highest BCUT2D eigenvalue weighted by Gasteiger charge is 1.93. The minimum atomic E-state index is 0.608. The molecule has 0 saturated carbocycles. The lowest BCUT2D eigenvalue weighted by Crippen LogP contribution is -2.13. The van der Waals surface area contributed by atoms with Gasteiger partial charge in [-0.1, -0.05) is 18.9 Å². The molecular formula is C9H14N2. The zero-order valence-corrected chi connectivity index (χ0v) is 7.02. The molecule has 0 aliphatic heterocycles. The first-order valence-corrected chi connectivity index (χ1v) is 3.56. The Labute approximate surface area is 68.2 Å². The maximum atomic E-state index is 5.61. The number of hydrogen-bond donors (Lipinski definition) is 2. The Morgan fingerprint density at radius 1 is 1.73 bits per heavy atom. The lowest BCUT2D eigenvalue weighted by atomic mass is 10.2. The van der Waals surface area contributed by atoms with Crippen molar-refractivity contribution in [1.29, 1.82) is 0 Å². The number of allylic oxidation sites excluding steroid dienone is 2. The van der Waals surface area contributed by atoms with E-state index in [1.807, 2.05) is 20.0 Å². The highest BCUT2D eigenvalue weighted by molar-refractivity contribution is 5.31. The van der Waals surface area contributed by atoms with E-state index in [-0.39, 0.29) is 0 Å². The van der Waals surface area contributed by atoms with Crippen molar-refractivity contribution in [2.45, 2.75) is 13.3 Å². The van der Waals surface area contributed by atoms with Crippen molar-refractivity contribution < 1.29 is 0 Å². The van der Waals surface area contributed by atoms with Crippen LogP contribution in [0.5, 0.6) is 0 Å². The Morgan fingerprint density at radius 3 is 2.73 bits per heavy atom. The van der Waals surface area contributed by atoms with Crippen LogP contribution in [0.25, 0.3) is 0 Å². The van der Waals surface area contributed by atoms with Gasteiger partial charge in [-0.25, -0.2) is 0 Å². The molecule has 0 fully saturated rings. The van der Waals surface area contributed by atoms with Gasteiger partial charge in [0.1, 0.15) is 0 Å². The standard InChI is InChI=1S/C9H14N2/c1-4-6-8(10)9(11-3)7-5-2/h1,6-7,11H,5,10H2,2-3H3/b8-6+,9-7+. The Bertz CT molecular complexity index is 206. The average molecular weight is 150 g/mol. The molecule has 0 unspecified atom stereocenters. The fourth-order valence-electron chi connectivity index (χ4n) is 0.736. The molecule has 60 valence electrons. The van der Waals surface area contributed by atoms with Crippen molar-refractivity contribution in [1.82, 2.24) is 5.32 Å². The summed E-state index contributed by atoms with van der Waals surface area (Å²) in [6.45, 7) is 2.04. The maximum absolute atomic E-state index is 5.61. The molecule has 2 heteroatoms. The van der Waals surface area contributed by atoms with Gasteiger partial charge in [0.05, 0.1) is 11.4 Å². The number of nitrogens with one attached hydrogen (secondary N) is 1. The van der Waals surface area contributed by atoms with Gasteiger partial charge < -0.3 is 11.1 Å². The molecule has 3 N–H and O–H groups in total. The van der Waals surface area contributed by atoms with Gasteiger partial charge in [-0.3, -0.25) is 0 Å². The van der Waals surface area contributed by atoms with Gasteiger partial charge in [0.2, 0.25) is 0 Å². The first kappa shape index (κ1) is 9.64. The second kappa shape index (κ2) is 5.43. The van der Waals surface area contributed by atoms with Crippen LogP contribution in [0.15, 0.2) is 23.5 Å². The lowest BCUT2D eigenvalue weighted by molar-refractivity contribution is 0.967. The van der Waals surface area contributed by atoms with E-state index in [0.29, 0.717) is 5.70 Å². The van der Waals surface area contributed by atoms with E-state index in [1.165, 1.54) is 6.08 Å². The second-order valence-electron chi connectivity index (χ2n) is 2.04. The van der Waals surface area contributed by atoms with Crippen molar-refractivity contribution in [3.8, 4) is 12.3 Å². The molecule has 0 radical (unpaired) electrons. The molecule has 0 saturated heterocycles. The summed E-state index contributed by atoms with van der Waals surface area (Å²) < 4.78 is 0. The Balaban J connectivity index is 4.41. The molecule has 0 atom stereocenters. The predicted octanol–water partition coefficient (Wildman–Crippen LogP) is 0.976. The van der Waals surface area contributed by atoms with Crippen molar-refractivity contribution in [2.24, 2.45) is 5.73 Å². The number of rotatable bonds is 3. The molecule has 2 nitrogen and oxygen atoms in total. The van der Waals surface area contributed by atoms with Crippen molar-refractivity contribution in [3.63, 3.8) is 0 Å². The fraction of sp³-hybridized carbons (Fsp3) is 0.333. The molecule has 0 aromatic heterocycles. The molecule has 0 heterocycles. The van der Waals surface area contributed by atoms with E-state index in [2.05, 4.69) is 11.2 Å². The summed E-state index contributed by atoms with van der Waals surface area (Å²) >= 11 is 0. The molecule has 0 aromatic carbocycles. The molecule has 0 aromatic rings. The summed E-state index contributed by atoms with van der Waals surface area (Å²) in [6, 6.07) is 0. The van der Waals surface area contributed by atoms with Crippen LogP contribution >= 0.6 is 0 Å². The minimum Gasteiger partial charge on any atom is -0.397 e. The highest BCUT2D eigenvalue weighted by atomic mass is 14.9. The summed E-state index contributed by atoms with van der Waals surface area (Å²) in [5.74, 6) is 2.37. The van der Waals surface area contributed by atoms with Crippen LogP contribution in [-0.2, 0) is 0 Å². The number of terminal acetylenes is 1.